The molecule has 1 aromatic heterocycles. The highest BCUT2D eigenvalue weighted by Crippen LogP contribution is 2.17. The first-order valence-corrected chi connectivity index (χ1v) is 5.87. The molecule has 0 aliphatic rings. The molecule has 1 amide bonds. The van der Waals surface area contributed by atoms with E-state index in [1.54, 1.807) is 10.9 Å². The second kappa shape index (κ2) is 5.77. The van der Waals surface area contributed by atoms with E-state index in [0.717, 1.165) is 6.42 Å². The highest BCUT2D eigenvalue weighted by Gasteiger charge is 2.18. The van der Waals surface area contributed by atoms with Crippen LogP contribution in [0.1, 0.15) is 37.7 Å². The lowest BCUT2D eigenvalue weighted by Crippen LogP contribution is -2.33. The molecule has 3 N–H and O–H groups in total. The van der Waals surface area contributed by atoms with Gasteiger partial charge in [-0.1, -0.05) is 26.0 Å². The van der Waals surface area contributed by atoms with Crippen molar-refractivity contribution >= 4 is 5.91 Å². The number of carbonyl (C=O) groups is 1. The normalized spacial score (nSPS) is 11.5. The fourth-order valence-electron chi connectivity index (χ4n) is 1.18. The minimum absolute atomic E-state index is 0.100. The van der Waals surface area contributed by atoms with Crippen LogP contribution in [0, 0.1) is 5.41 Å². The van der Waals surface area contributed by atoms with Crippen molar-refractivity contribution in [1.82, 2.24) is 20.3 Å². The fourth-order valence-corrected chi connectivity index (χ4v) is 1.18. The number of nitrogens with one attached hydrogen (secondary N) is 1. The van der Waals surface area contributed by atoms with E-state index in [1.165, 1.54) is 0 Å². The van der Waals surface area contributed by atoms with E-state index < -0.39 is 0 Å². The first kappa shape index (κ1) is 13.6. The summed E-state index contributed by atoms with van der Waals surface area (Å²) in [4.78, 5) is 11.8. The topological polar surface area (TPSA) is 85.8 Å². The van der Waals surface area contributed by atoms with Gasteiger partial charge in [-0.15, -0.1) is 5.10 Å². The predicted octanol–water partition coefficient (Wildman–Crippen LogP) is 0.403. The molecule has 6 heteroatoms. The summed E-state index contributed by atoms with van der Waals surface area (Å²) in [6.45, 7) is 8.00. The molecule has 0 saturated heterocycles. The van der Waals surface area contributed by atoms with Gasteiger partial charge in [0.1, 0.15) is 0 Å². The van der Waals surface area contributed by atoms with Crippen molar-refractivity contribution in [2.75, 3.05) is 13.1 Å². The molecule has 0 aliphatic heterocycles. The van der Waals surface area contributed by atoms with E-state index in [2.05, 4.69) is 36.4 Å². The lowest BCUT2D eigenvalue weighted by Gasteiger charge is -2.22. The van der Waals surface area contributed by atoms with Gasteiger partial charge >= 0.3 is 0 Å². The Morgan fingerprint density at radius 2 is 2.29 bits per heavy atom. The monoisotopic (exact) mass is 239 g/mol. The van der Waals surface area contributed by atoms with E-state index in [9.17, 15) is 4.79 Å². The number of hydrogen-bond acceptors (Lipinski definition) is 4. The summed E-state index contributed by atoms with van der Waals surface area (Å²) < 4.78 is 1.57. The van der Waals surface area contributed by atoms with Crippen molar-refractivity contribution in [1.29, 1.82) is 0 Å². The first-order chi connectivity index (χ1) is 7.98. The summed E-state index contributed by atoms with van der Waals surface area (Å²) >= 11 is 0. The smallest absolute Gasteiger partial charge is 0.273 e. The second-order valence-corrected chi connectivity index (χ2v) is 4.86. The molecule has 0 unspecified atom stereocenters. The Kier molecular flexibility index (Phi) is 4.62. The lowest BCUT2D eigenvalue weighted by atomic mass is 9.90. The van der Waals surface area contributed by atoms with Crippen LogP contribution in [0.2, 0.25) is 0 Å². The average Bonchev–Trinajstić information content (AvgIpc) is 2.75. The van der Waals surface area contributed by atoms with E-state index in [1.807, 2.05) is 0 Å². The van der Waals surface area contributed by atoms with Gasteiger partial charge in [0.05, 0.1) is 12.7 Å². The van der Waals surface area contributed by atoms with Gasteiger partial charge in [-0.3, -0.25) is 9.48 Å². The number of amides is 1. The minimum Gasteiger partial charge on any atom is -0.350 e. The summed E-state index contributed by atoms with van der Waals surface area (Å²) in [6.07, 6.45) is 2.62. The molecule has 1 aromatic rings. The van der Waals surface area contributed by atoms with Crippen LogP contribution in [0.3, 0.4) is 0 Å². The molecular weight excluding hydrogens is 218 g/mol. The Morgan fingerprint density at radius 3 is 2.88 bits per heavy atom. The zero-order valence-electron chi connectivity index (χ0n) is 10.7. The molecular formula is C11H21N5O. The first-order valence-electron chi connectivity index (χ1n) is 5.87. The molecule has 0 aromatic carbocycles. The van der Waals surface area contributed by atoms with E-state index in [0.29, 0.717) is 25.3 Å². The van der Waals surface area contributed by atoms with E-state index in [-0.39, 0.29) is 11.3 Å². The number of nitrogens with two attached hydrogens (primary N) is 1. The van der Waals surface area contributed by atoms with Gasteiger partial charge in [0, 0.05) is 13.1 Å². The number of rotatable bonds is 6. The van der Waals surface area contributed by atoms with Crippen LogP contribution >= 0.6 is 0 Å². The van der Waals surface area contributed by atoms with Crippen LogP contribution in [-0.2, 0) is 6.54 Å². The van der Waals surface area contributed by atoms with Crippen LogP contribution < -0.4 is 11.1 Å². The van der Waals surface area contributed by atoms with E-state index >= 15 is 0 Å². The quantitative estimate of drug-likeness (QED) is 0.752. The standard InChI is InChI=1S/C11H21N5O/c1-4-11(2,3)8-13-10(17)9-7-16(6-5-12)15-14-9/h7H,4-6,8,12H2,1-3H3,(H,13,17). The third kappa shape index (κ3) is 4.14. The van der Waals surface area contributed by atoms with Crippen molar-refractivity contribution in [3.05, 3.63) is 11.9 Å². The third-order valence-corrected chi connectivity index (χ3v) is 2.81. The van der Waals surface area contributed by atoms with Gasteiger partial charge in [-0.2, -0.15) is 0 Å². The predicted molar refractivity (Wildman–Crippen MR) is 65.5 cm³/mol. The maximum Gasteiger partial charge on any atom is 0.273 e. The van der Waals surface area contributed by atoms with Crippen molar-refractivity contribution in [3.8, 4) is 0 Å². The zero-order chi connectivity index (χ0) is 12.9. The molecule has 17 heavy (non-hydrogen) atoms. The Balaban J connectivity index is 2.52. The molecule has 0 fully saturated rings. The van der Waals surface area contributed by atoms with Crippen LogP contribution in [0.4, 0.5) is 0 Å². The van der Waals surface area contributed by atoms with Gasteiger partial charge in [0.2, 0.25) is 0 Å². The number of carbonyl (C=O) groups excluding carboxylic acids is 1. The summed E-state index contributed by atoms with van der Waals surface area (Å²) in [5, 5.41) is 10.5. The second-order valence-electron chi connectivity index (χ2n) is 4.86. The largest absolute Gasteiger partial charge is 0.350 e. The molecule has 96 valence electrons. The molecule has 0 bridgehead atoms. The van der Waals surface area contributed by atoms with Gasteiger partial charge in [0.25, 0.3) is 5.91 Å². The van der Waals surface area contributed by atoms with E-state index in [4.69, 9.17) is 5.73 Å². The zero-order valence-corrected chi connectivity index (χ0v) is 10.7. The van der Waals surface area contributed by atoms with Gasteiger partial charge in [-0.05, 0) is 11.8 Å². The molecule has 0 spiro atoms. The summed E-state index contributed by atoms with van der Waals surface area (Å²) in [5.74, 6) is -0.185. The van der Waals surface area contributed by atoms with Gasteiger partial charge in [-0.25, -0.2) is 0 Å². The van der Waals surface area contributed by atoms with Crippen molar-refractivity contribution in [2.45, 2.75) is 33.7 Å². The molecule has 0 saturated carbocycles. The maximum atomic E-state index is 11.8. The van der Waals surface area contributed by atoms with Crippen LogP contribution in [0.15, 0.2) is 6.20 Å². The van der Waals surface area contributed by atoms with Crippen molar-refractivity contribution in [2.24, 2.45) is 11.1 Å². The lowest BCUT2D eigenvalue weighted by molar-refractivity contribution is 0.0930. The molecule has 6 nitrogen and oxygen atoms in total. The van der Waals surface area contributed by atoms with Crippen LogP contribution in [0.25, 0.3) is 0 Å². The highest BCUT2D eigenvalue weighted by molar-refractivity contribution is 5.91. The molecule has 0 aliphatic carbocycles. The molecule has 1 rings (SSSR count). The Bertz CT molecular complexity index is 372. The summed E-state index contributed by atoms with van der Waals surface area (Å²) in [6, 6.07) is 0. The van der Waals surface area contributed by atoms with Crippen LogP contribution in [-0.4, -0.2) is 34.0 Å². The minimum atomic E-state index is -0.185. The SMILES string of the molecule is CCC(C)(C)CNC(=O)c1cn(CCN)nn1. The highest BCUT2D eigenvalue weighted by atomic mass is 16.2. The van der Waals surface area contributed by atoms with Gasteiger partial charge < -0.3 is 11.1 Å². The third-order valence-electron chi connectivity index (χ3n) is 2.81. The van der Waals surface area contributed by atoms with Crippen LogP contribution in [0.5, 0.6) is 0 Å². The molecule has 0 radical (unpaired) electrons. The maximum absolute atomic E-state index is 11.8. The van der Waals surface area contributed by atoms with Crippen molar-refractivity contribution in [3.63, 3.8) is 0 Å². The number of nitrogens with zero attached hydrogens (tertiary/aromatic N) is 3. The Labute approximate surface area is 102 Å². The summed E-state index contributed by atoms with van der Waals surface area (Å²) in [7, 11) is 0. The molecule has 0 atom stereocenters. The Morgan fingerprint density at radius 1 is 1.59 bits per heavy atom. The molecule has 1 heterocycles. The van der Waals surface area contributed by atoms with Gasteiger partial charge in [0.15, 0.2) is 5.69 Å². The van der Waals surface area contributed by atoms with Crippen molar-refractivity contribution < 1.29 is 4.79 Å². The number of hydrogen-bond donors (Lipinski definition) is 2. The Hall–Kier alpha value is -1.43. The number of aromatic nitrogens is 3. The fraction of sp³-hybridized carbons (Fsp3) is 0.727. The summed E-state index contributed by atoms with van der Waals surface area (Å²) in [5.41, 5.74) is 5.83. The average molecular weight is 239 g/mol.